The van der Waals surface area contributed by atoms with Gasteiger partial charge in [-0.25, -0.2) is 4.98 Å². The first-order valence-corrected chi connectivity index (χ1v) is 5.36. The molecular formula is C13H9N3O2. The van der Waals surface area contributed by atoms with Crippen LogP contribution in [-0.4, -0.2) is 15.9 Å². The molecule has 0 unspecified atom stereocenters. The highest BCUT2D eigenvalue weighted by molar-refractivity contribution is 5.91. The van der Waals surface area contributed by atoms with E-state index < -0.39 is 5.91 Å². The highest BCUT2D eigenvalue weighted by Crippen LogP contribution is 2.25. The van der Waals surface area contributed by atoms with Crippen LogP contribution in [0.25, 0.3) is 22.4 Å². The van der Waals surface area contributed by atoms with E-state index in [1.54, 1.807) is 0 Å². The van der Waals surface area contributed by atoms with Crippen molar-refractivity contribution in [3.63, 3.8) is 0 Å². The summed E-state index contributed by atoms with van der Waals surface area (Å²) < 4.78 is 5.59. The summed E-state index contributed by atoms with van der Waals surface area (Å²) in [5.41, 5.74) is 6.42. The molecule has 88 valence electrons. The third-order valence-corrected chi connectivity index (χ3v) is 2.55. The summed E-state index contributed by atoms with van der Waals surface area (Å²) in [6, 6.07) is 11.5. The number of furan rings is 1. The van der Waals surface area contributed by atoms with E-state index >= 15 is 0 Å². The lowest BCUT2D eigenvalue weighted by Gasteiger charge is -1.93. The van der Waals surface area contributed by atoms with Crippen LogP contribution in [0.15, 0.2) is 47.0 Å². The van der Waals surface area contributed by atoms with Crippen molar-refractivity contribution in [1.29, 1.82) is 0 Å². The number of carbonyl (C=O) groups excluding carboxylic acids is 1. The molecule has 0 fully saturated rings. The molecule has 3 aromatic rings. The molecule has 0 saturated carbocycles. The van der Waals surface area contributed by atoms with Crippen molar-refractivity contribution in [1.82, 2.24) is 9.97 Å². The molecule has 0 spiro atoms. The van der Waals surface area contributed by atoms with Gasteiger partial charge >= 0.3 is 0 Å². The van der Waals surface area contributed by atoms with Gasteiger partial charge in [-0.05, 0) is 6.07 Å². The Labute approximate surface area is 102 Å². The van der Waals surface area contributed by atoms with E-state index in [-0.39, 0.29) is 5.82 Å². The minimum absolute atomic E-state index is 0.0449. The highest BCUT2D eigenvalue weighted by Gasteiger charge is 2.10. The van der Waals surface area contributed by atoms with E-state index in [1.165, 1.54) is 6.20 Å². The van der Waals surface area contributed by atoms with Crippen molar-refractivity contribution in [2.45, 2.75) is 0 Å². The number of benzene rings is 1. The maximum atomic E-state index is 11.0. The zero-order valence-corrected chi connectivity index (χ0v) is 9.33. The highest BCUT2D eigenvalue weighted by atomic mass is 16.3. The van der Waals surface area contributed by atoms with Gasteiger partial charge in [0.15, 0.2) is 0 Å². The minimum Gasteiger partial charge on any atom is -0.438 e. The van der Waals surface area contributed by atoms with E-state index in [4.69, 9.17) is 10.2 Å². The van der Waals surface area contributed by atoms with Crippen LogP contribution in [-0.2, 0) is 0 Å². The molecule has 0 bridgehead atoms. The molecule has 0 aliphatic heterocycles. The average Bonchev–Trinajstić information content (AvgIpc) is 2.82. The maximum Gasteiger partial charge on any atom is 0.286 e. The molecular weight excluding hydrogens is 230 g/mol. The van der Waals surface area contributed by atoms with Gasteiger partial charge in [0, 0.05) is 11.8 Å². The van der Waals surface area contributed by atoms with Crippen LogP contribution in [0.2, 0.25) is 0 Å². The third-order valence-electron chi connectivity index (χ3n) is 2.55. The van der Waals surface area contributed by atoms with Gasteiger partial charge in [0.05, 0.1) is 5.39 Å². The monoisotopic (exact) mass is 239 g/mol. The Bertz CT molecular complexity index is 719. The van der Waals surface area contributed by atoms with Crippen LogP contribution in [0, 0.1) is 0 Å². The fraction of sp³-hybridized carbons (Fsp3) is 0. The fourth-order valence-electron chi connectivity index (χ4n) is 1.69. The zero-order valence-electron chi connectivity index (χ0n) is 9.33. The van der Waals surface area contributed by atoms with Crippen LogP contribution >= 0.6 is 0 Å². The fourth-order valence-corrected chi connectivity index (χ4v) is 1.69. The number of aromatic nitrogens is 2. The van der Waals surface area contributed by atoms with Crippen LogP contribution in [0.1, 0.15) is 10.6 Å². The van der Waals surface area contributed by atoms with E-state index in [0.717, 1.165) is 10.9 Å². The SMILES string of the molecule is NC(=O)c1ncc2cc(-c3ccccc3)oc2n1. The van der Waals surface area contributed by atoms with Gasteiger partial charge in [-0.2, -0.15) is 4.98 Å². The summed E-state index contributed by atoms with van der Waals surface area (Å²) in [7, 11) is 0. The number of amides is 1. The van der Waals surface area contributed by atoms with Gasteiger partial charge in [-0.1, -0.05) is 30.3 Å². The number of nitrogens with two attached hydrogens (primary N) is 1. The van der Waals surface area contributed by atoms with Gasteiger partial charge < -0.3 is 10.2 Å². The molecule has 5 heteroatoms. The number of hydrogen-bond acceptors (Lipinski definition) is 4. The number of primary amides is 1. The number of nitrogens with zero attached hydrogens (tertiary/aromatic N) is 2. The van der Waals surface area contributed by atoms with Gasteiger partial charge in [-0.15, -0.1) is 0 Å². The van der Waals surface area contributed by atoms with Crippen molar-refractivity contribution < 1.29 is 9.21 Å². The molecule has 0 aliphatic rings. The molecule has 18 heavy (non-hydrogen) atoms. The average molecular weight is 239 g/mol. The van der Waals surface area contributed by atoms with Gasteiger partial charge in [-0.3, -0.25) is 4.79 Å². The van der Waals surface area contributed by atoms with E-state index in [2.05, 4.69) is 9.97 Å². The number of rotatable bonds is 2. The van der Waals surface area contributed by atoms with Gasteiger partial charge in [0.2, 0.25) is 11.5 Å². The second kappa shape index (κ2) is 3.96. The van der Waals surface area contributed by atoms with E-state index in [1.807, 2.05) is 36.4 Å². The summed E-state index contributed by atoms with van der Waals surface area (Å²) in [4.78, 5) is 18.8. The Balaban J connectivity index is 2.14. The summed E-state index contributed by atoms with van der Waals surface area (Å²) in [5.74, 6) is -0.0347. The molecule has 0 atom stereocenters. The summed E-state index contributed by atoms with van der Waals surface area (Å²) in [6.45, 7) is 0. The molecule has 2 aromatic heterocycles. The molecule has 1 amide bonds. The summed E-state index contributed by atoms with van der Waals surface area (Å²) in [6.07, 6.45) is 1.53. The molecule has 2 heterocycles. The van der Waals surface area contributed by atoms with Gasteiger partial charge in [0.1, 0.15) is 5.76 Å². The van der Waals surface area contributed by atoms with Gasteiger partial charge in [0.25, 0.3) is 5.91 Å². The van der Waals surface area contributed by atoms with E-state index in [0.29, 0.717) is 11.5 Å². The summed E-state index contributed by atoms with van der Waals surface area (Å²) in [5, 5.41) is 0.735. The second-order valence-corrected chi connectivity index (χ2v) is 3.80. The molecule has 0 aliphatic carbocycles. The van der Waals surface area contributed by atoms with Crippen molar-refractivity contribution >= 4 is 17.0 Å². The second-order valence-electron chi connectivity index (χ2n) is 3.80. The van der Waals surface area contributed by atoms with Crippen LogP contribution < -0.4 is 5.73 Å². The number of fused-ring (bicyclic) bond motifs is 1. The van der Waals surface area contributed by atoms with E-state index in [9.17, 15) is 4.79 Å². The third kappa shape index (κ3) is 1.71. The summed E-state index contributed by atoms with van der Waals surface area (Å²) >= 11 is 0. The molecule has 0 saturated heterocycles. The Hall–Kier alpha value is -2.69. The Kier molecular flexibility index (Phi) is 2.30. The molecule has 0 radical (unpaired) electrons. The Morgan fingerprint density at radius 1 is 1.22 bits per heavy atom. The Morgan fingerprint density at radius 2 is 2.00 bits per heavy atom. The Morgan fingerprint density at radius 3 is 2.72 bits per heavy atom. The first-order valence-electron chi connectivity index (χ1n) is 5.36. The van der Waals surface area contributed by atoms with Crippen molar-refractivity contribution in [3.8, 4) is 11.3 Å². The maximum absolute atomic E-state index is 11.0. The van der Waals surface area contributed by atoms with Crippen LogP contribution in [0.5, 0.6) is 0 Å². The zero-order chi connectivity index (χ0) is 12.5. The van der Waals surface area contributed by atoms with Crippen molar-refractivity contribution in [3.05, 3.63) is 48.4 Å². The van der Waals surface area contributed by atoms with Crippen molar-refractivity contribution in [2.75, 3.05) is 0 Å². The topological polar surface area (TPSA) is 82.0 Å². The lowest BCUT2D eigenvalue weighted by molar-refractivity contribution is 0.0990. The lowest BCUT2D eigenvalue weighted by Crippen LogP contribution is -2.14. The minimum atomic E-state index is -0.672. The predicted molar refractivity (Wildman–Crippen MR) is 65.8 cm³/mol. The molecule has 2 N–H and O–H groups in total. The smallest absolute Gasteiger partial charge is 0.286 e. The number of carbonyl (C=O) groups is 1. The first kappa shape index (κ1) is 10.5. The normalized spacial score (nSPS) is 10.7. The molecule has 3 rings (SSSR count). The van der Waals surface area contributed by atoms with Crippen LogP contribution in [0.4, 0.5) is 0 Å². The molecule has 5 nitrogen and oxygen atoms in total. The number of hydrogen-bond donors (Lipinski definition) is 1. The quantitative estimate of drug-likeness (QED) is 0.741. The van der Waals surface area contributed by atoms with Crippen molar-refractivity contribution in [2.24, 2.45) is 5.73 Å². The lowest BCUT2D eigenvalue weighted by atomic mass is 10.2. The first-order chi connectivity index (χ1) is 8.74. The van der Waals surface area contributed by atoms with Crippen LogP contribution in [0.3, 0.4) is 0 Å². The predicted octanol–water partition coefficient (Wildman–Crippen LogP) is 1.99. The standard InChI is InChI=1S/C13H9N3O2/c14-11(17)12-15-7-9-6-10(18-13(9)16-12)8-4-2-1-3-5-8/h1-7H,(H2,14,17). The molecule has 1 aromatic carbocycles. The largest absolute Gasteiger partial charge is 0.438 e.